The summed E-state index contributed by atoms with van der Waals surface area (Å²) in [6.45, 7) is 1.70. The van der Waals surface area contributed by atoms with Crippen LogP contribution < -0.4 is 16.0 Å². The van der Waals surface area contributed by atoms with Crippen molar-refractivity contribution >= 4 is 17.3 Å². The minimum atomic E-state index is 0.221. The van der Waals surface area contributed by atoms with Gasteiger partial charge in [-0.15, -0.1) is 0 Å². The summed E-state index contributed by atoms with van der Waals surface area (Å²) in [5.41, 5.74) is 8.76. The number of nitrogen functional groups attached to an aromatic ring is 1. The number of aryl methyl sites for hydroxylation is 1. The van der Waals surface area contributed by atoms with Crippen molar-refractivity contribution in [3.8, 4) is 0 Å². The summed E-state index contributed by atoms with van der Waals surface area (Å²) in [5.74, 6) is 0.221. The first-order valence-electron chi connectivity index (χ1n) is 6.05. The molecule has 0 aromatic heterocycles. The molecule has 17 heavy (non-hydrogen) atoms. The molecule has 1 aromatic rings. The van der Waals surface area contributed by atoms with Gasteiger partial charge in [-0.3, -0.25) is 4.79 Å². The van der Waals surface area contributed by atoms with Gasteiger partial charge >= 0.3 is 0 Å². The van der Waals surface area contributed by atoms with Gasteiger partial charge in [0.2, 0.25) is 5.91 Å². The van der Waals surface area contributed by atoms with E-state index in [9.17, 15) is 4.79 Å². The van der Waals surface area contributed by atoms with Gasteiger partial charge in [-0.25, -0.2) is 0 Å². The first-order chi connectivity index (χ1) is 8.22. The molecule has 0 radical (unpaired) electrons. The van der Waals surface area contributed by atoms with Gasteiger partial charge in [0.25, 0.3) is 0 Å². The van der Waals surface area contributed by atoms with Crippen molar-refractivity contribution in [1.82, 2.24) is 5.32 Å². The highest BCUT2D eigenvalue weighted by atomic mass is 16.2. The topological polar surface area (TPSA) is 58.4 Å². The molecule has 2 rings (SSSR count). The molecular weight excluding hydrogens is 214 g/mol. The van der Waals surface area contributed by atoms with Crippen LogP contribution in [0.25, 0.3) is 0 Å². The van der Waals surface area contributed by atoms with Crippen molar-refractivity contribution in [3.05, 3.63) is 23.8 Å². The maximum absolute atomic E-state index is 11.9. The zero-order valence-corrected chi connectivity index (χ0v) is 10.2. The smallest absolute Gasteiger partial charge is 0.227 e. The Morgan fingerprint density at radius 3 is 3.00 bits per heavy atom. The third-order valence-electron chi connectivity index (χ3n) is 3.11. The van der Waals surface area contributed by atoms with Crippen LogP contribution in [0.15, 0.2) is 18.2 Å². The minimum absolute atomic E-state index is 0.221. The van der Waals surface area contributed by atoms with Crippen LogP contribution >= 0.6 is 0 Å². The van der Waals surface area contributed by atoms with Crippen LogP contribution in [0.4, 0.5) is 11.4 Å². The number of rotatable bonds is 4. The van der Waals surface area contributed by atoms with E-state index in [0.717, 1.165) is 37.3 Å². The summed E-state index contributed by atoms with van der Waals surface area (Å²) < 4.78 is 0. The van der Waals surface area contributed by atoms with Crippen LogP contribution in [0.1, 0.15) is 18.4 Å². The number of carbonyl (C=O) groups is 1. The van der Waals surface area contributed by atoms with E-state index in [0.29, 0.717) is 6.42 Å². The number of fused-ring (bicyclic) bond motifs is 1. The lowest BCUT2D eigenvalue weighted by Gasteiger charge is -2.29. The number of nitrogens with one attached hydrogen (secondary N) is 1. The Hall–Kier alpha value is -1.55. The van der Waals surface area contributed by atoms with Crippen molar-refractivity contribution in [2.75, 3.05) is 30.8 Å². The molecule has 1 heterocycles. The van der Waals surface area contributed by atoms with Crippen molar-refractivity contribution in [2.24, 2.45) is 0 Å². The third-order valence-corrected chi connectivity index (χ3v) is 3.11. The number of amides is 1. The lowest BCUT2D eigenvalue weighted by molar-refractivity contribution is -0.118. The molecule has 4 heteroatoms. The van der Waals surface area contributed by atoms with Crippen LogP contribution in [0.3, 0.4) is 0 Å². The number of carbonyl (C=O) groups excluding carboxylic acids is 1. The quantitative estimate of drug-likeness (QED) is 0.606. The van der Waals surface area contributed by atoms with Crippen molar-refractivity contribution in [2.45, 2.75) is 19.3 Å². The standard InChI is InChI=1S/C13H19N3O/c1-15-7-2-8-16-12-5-4-11(14)9-10(12)3-6-13(16)17/h4-5,9,15H,2-3,6-8,14H2,1H3. The van der Waals surface area contributed by atoms with Crippen molar-refractivity contribution in [1.29, 1.82) is 0 Å². The minimum Gasteiger partial charge on any atom is -0.399 e. The summed E-state index contributed by atoms with van der Waals surface area (Å²) in [4.78, 5) is 13.8. The number of anilines is 2. The highest BCUT2D eigenvalue weighted by Crippen LogP contribution is 2.29. The normalized spacial score (nSPS) is 14.9. The highest BCUT2D eigenvalue weighted by molar-refractivity contribution is 5.96. The van der Waals surface area contributed by atoms with Crippen LogP contribution in [-0.2, 0) is 11.2 Å². The number of hydrogen-bond acceptors (Lipinski definition) is 3. The molecule has 0 atom stereocenters. The molecule has 0 spiro atoms. The Balaban J connectivity index is 2.18. The fourth-order valence-corrected chi connectivity index (χ4v) is 2.24. The first-order valence-corrected chi connectivity index (χ1v) is 6.05. The molecule has 0 bridgehead atoms. The van der Waals surface area contributed by atoms with E-state index in [2.05, 4.69) is 5.32 Å². The average molecular weight is 233 g/mol. The van der Waals surface area contributed by atoms with Crippen LogP contribution in [-0.4, -0.2) is 26.0 Å². The van der Waals surface area contributed by atoms with Gasteiger partial charge in [-0.1, -0.05) is 0 Å². The van der Waals surface area contributed by atoms with Gasteiger partial charge in [0.15, 0.2) is 0 Å². The Morgan fingerprint density at radius 2 is 2.24 bits per heavy atom. The molecule has 0 saturated carbocycles. The molecule has 92 valence electrons. The summed E-state index contributed by atoms with van der Waals surface area (Å²) in [6, 6.07) is 5.80. The summed E-state index contributed by atoms with van der Waals surface area (Å²) in [7, 11) is 1.92. The molecule has 0 unspecified atom stereocenters. The Morgan fingerprint density at radius 1 is 1.41 bits per heavy atom. The third kappa shape index (κ3) is 2.58. The van der Waals surface area contributed by atoms with Gasteiger partial charge in [0.1, 0.15) is 0 Å². The number of benzene rings is 1. The number of hydrogen-bond donors (Lipinski definition) is 2. The molecule has 1 aliphatic rings. The maximum Gasteiger partial charge on any atom is 0.227 e. The van der Waals surface area contributed by atoms with Crippen LogP contribution in [0, 0.1) is 0 Å². The summed E-state index contributed by atoms with van der Waals surface area (Å²) in [6.07, 6.45) is 2.36. The van der Waals surface area contributed by atoms with E-state index in [1.165, 1.54) is 5.56 Å². The van der Waals surface area contributed by atoms with Gasteiger partial charge in [-0.2, -0.15) is 0 Å². The fraction of sp³-hybridized carbons (Fsp3) is 0.462. The number of nitrogens with zero attached hydrogens (tertiary/aromatic N) is 1. The largest absolute Gasteiger partial charge is 0.399 e. The summed E-state index contributed by atoms with van der Waals surface area (Å²) >= 11 is 0. The van der Waals surface area contributed by atoms with Crippen molar-refractivity contribution in [3.63, 3.8) is 0 Å². The maximum atomic E-state index is 11.9. The van der Waals surface area contributed by atoms with Gasteiger partial charge < -0.3 is 16.0 Å². The molecule has 0 aliphatic carbocycles. The van der Waals surface area contributed by atoms with E-state index < -0.39 is 0 Å². The predicted octanol–water partition coefficient (Wildman–Crippen LogP) is 1.16. The van der Waals surface area contributed by atoms with Gasteiger partial charge in [-0.05, 0) is 50.2 Å². The Bertz CT molecular complexity index is 417. The van der Waals surface area contributed by atoms with E-state index in [1.54, 1.807) is 0 Å². The lowest BCUT2D eigenvalue weighted by atomic mass is 10.0. The van der Waals surface area contributed by atoms with Crippen LogP contribution in [0.5, 0.6) is 0 Å². The predicted molar refractivity (Wildman–Crippen MR) is 70.1 cm³/mol. The zero-order valence-electron chi connectivity index (χ0n) is 10.2. The molecule has 3 N–H and O–H groups in total. The Kier molecular flexibility index (Phi) is 3.64. The molecule has 1 aliphatic heterocycles. The second-order valence-corrected chi connectivity index (χ2v) is 4.39. The fourth-order valence-electron chi connectivity index (χ4n) is 2.24. The molecule has 0 saturated heterocycles. The Labute approximate surface area is 102 Å². The second-order valence-electron chi connectivity index (χ2n) is 4.39. The van der Waals surface area contributed by atoms with Gasteiger partial charge in [0, 0.05) is 24.3 Å². The van der Waals surface area contributed by atoms with E-state index in [4.69, 9.17) is 5.73 Å². The average Bonchev–Trinajstić information content (AvgIpc) is 2.32. The van der Waals surface area contributed by atoms with Crippen molar-refractivity contribution < 1.29 is 4.79 Å². The molecule has 1 aromatic carbocycles. The lowest BCUT2D eigenvalue weighted by Crippen LogP contribution is -2.36. The second kappa shape index (κ2) is 5.19. The molecular formula is C13H19N3O. The molecule has 4 nitrogen and oxygen atoms in total. The summed E-state index contributed by atoms with van der Waals surface area (Å²) in [5, 5.41) is 3.10. The van der Waals surface area contributed by atoms with Crippen LogP contribution in [0.2, 0.25) is 0 Å². The molecule has 1 amide bonds. The zero-order chi connectivity index (χ0) is 12.3. The van der Waals surface area contributed by atoms with E-state index in [-0.39, 0.29) is 5.91 Å². The van der Waals surface area contributed by atoms with E-state index in [1.807, 2.05) is 30.1 Å². The highest BCUT2D eigenvalue weighted by Gasteiger charge is 2.23. The number of nitrogens with two attached hydrogens (primary N) is 1. The monoisotopic (exact) mass is 233 g/mol. The SMILES string of the molecule is CNCCCN1C(=O)CCc2cc(N)ccc21. The van der Waals surface area contributed by atoms with Gasteiger partial charge in [0.05, 0.1) is 0 Å². The first kappa shape index (κ1) is 11.9. The molecule has 0 fully saturated rings. The van der Waals surface area contributed by atoms with E-state index >= 15 is 0 Å².